The Labute approximate surface area is 320 Å². The summed E-state index contributed by atoms with van der Waals surface area (Å²) in [5, 5.41) is 7.24. The van der Waals surface area contributed by atoms with Gasteiger partial charge >= 0.3 is 0 Å². The van der Waals surface area contributed by atoms with E-state index in [9.17, 15) is 0 Å². The van der Waals surface area contributed by atoms with Gasteiger partial charge in [-0.2, -0.15) is 0 Å². The average molecular weight is 745 g/mol. The minimum atomic E-state index is -3.37. The first kappa shape index (κ1) is 30.8. The van der Waals surface area contributed by atoms with Crippen molar-refractivity contribution in [3.8, 4) is 11.1 Å². The second kappa shape index (κ2) is 11.2. The molecule has 4 heterocycles. The normalized spacial score (nSPS) is 18.5. The molecule has 12 rings (SSSR count). The van der Waals surface area contributed by atoms with Gasteiger partial charge in [-0.1, -0.05) is 151 Å². The van der Waals surface area contributed by atoms with Gasteiger partial charge in [0.1, 0.15) is 11.2 Å². The molecule has 0 fully saturated rings. The summed E-state index contributed by atoms with van der Waals surface area (Å²) < 4.78 is 25.5. The number of rotatable bonds is 2. The lowest BCUT2D eigenvalue weighted by atomic mass is 9.64. The van der Waals surface area contributed by atoms with Gasteiger partial charge < -0.3 is 8.98 Å². The van der Waals surface area contributed by atoms with Crippen molar-refractivity contribution in [2.75, 3.05) is 0 Å². The number of para-hydroxylation sites is 1. The molecule has 1 spiro atoms. The van der Waals surface area contributed by atoms with E-state index in [2.05, 4.69) is 127 Å². The Kier molecular flexibility index (Phi) is 6.38. The van der Waals surface area contributed by atoms with Crippen molar-refractivity contribution < 1.29 is 8.98 Å². The van der Waals surface area contributed by atoms with Crippen molar-refractivity contribution in [3.05, 3.63) is 198 Å². The Morgan fingerprint density at radius 2 is 1.20 bits per heavy atom. The summed E-state index contributed by atoms with van der Waals surface area (Å²) in [7, 11) is -3.37. The standard InChI is InChI=1S/C49H29O2PS2/c50-52(31-13-2-1-3-14-31)43-22-9-6-19-37(43)49(40-28-36-33-15-4-8-21-41(33)51-42(36)29-44(40)52)38-20-7-11-24-46(38)53-47-27-30(25-26-39(47)49)32-17-12-18-35-34-16-5-10-23-45(34)54-48(32)35/h1-29H. The molecule has 2 aromatic heterocycles. The molecule has 0 saturated carbocycles. The molecule has 0 N–H and O–H groups in total. The molecule has 0 amide bonds. The van der Waals surface area contributed by atoms with Crippen molar-refractivity contribution in [2.45, 2.75) is 15.2 Å². The molecular weight excluding hydrogens is 716 g/mol. The van der Waals surface area contributed by atoms with Crippen LogP contribution < -0.4 is 15.9 Å². The first-order chi connectivity index (χ1) is 26.6. The summed E-state index contributed by atoms with van der Waals surface area (Å²) in [5.74, 6) is 0. The summed E-state index contributed by atoms with van der Waals surface area (Å²) in [4.78, 5) is 2.41. The highest BCUT2D eigenvalue weighted by Gasteiger charge is 2.54. The van der Waals surface area contributed by atoms with E-state index in [-0.39, 0.29) is 0 Å². The van der Waals surface area contributed by atoms with Gasteiger partial charge in [0.2, 0.25) is 0 Å². The fourth-order valence-corrected chi connectivity index (χ4v) is 15.0. The maximum absolute atomic E-state index is 16.4. The topological polar surface area (TPSA) is 30.2 Å². The molecule has 2 aliphatic heterocycles. The fraction of sp³-hybridized carbons (Fsp3) is 0.0204. The van der Waals surface area contributed by atoms with E-state index in [1.165, 1.54) is 52.2 Å². The lowest BCUT2D eigenvalue weighted by molar-refractivity contribution is 0.589. The summed E-state index contributed by atoms with van der Waals surface area (Å²) in [6.45, 7) is 0. The molecule has 0 aliphatic carbocycles. The molecular formula is C49H29O2PS2. The quantitative estimate of drug-likeness (QED) is 0.165. The van der Waals surface area contributed by atoms with E-state index >= 15 is 4.57 Å². The number of hydrogen-bond acceptors (Lipinski definition) is 4. The Balaban J connectivity index is 1.21. The number of furan rings is 1. The Bertz CT molecular complexity index is 3250. The summed E-state index contributed by atoms with van der Waals surface area (Å²) in [6.07, 6.45) is 0. The van der Waals surface area contributed by atoms with Crippen LogP contribution in [-0.2, 0) is 9.98 Å². The van der Waals surface area contributed by atoms with Crippen LogP contribution in [0.2, 0.25) is 0 Å². The maximum Gasteiger partial charge on any atom is 0.171 e. The van der Waals surface area contributed by atoms with Crippen molar-refractivity contribution in [2.24, 2.45) is 0 Å². The van der Waals surface area contributed by atoms with Crippen LogP contribution in [0.1, 0.15) is 22.3 Å². The molecule has 2 unspecified atom stereocenters. The fourth-order valence-electron chi connectivity index (χ4n) is 9.35. The minimum absolute atomic E-state index is 0.736. The lowest BCUT2D eigenvalue weighted by Gasteiger charge is -2.47. The monoisotopic (exact) mass is 744 g/mol. The molecule has 0 radical (unpaired) electrons. The zero-order valence-electron chi connectivity index (χ0n) is 28.8. The van der Waals surface area contributed by atoms with Gasteiger partial charge in [-0.25, -0.2) is 0 Å². The molecule has 0 saturated heterocycles. The first-order valence-corrected chi connectivity index (χ1v) is 21.5. The van der Waals surface area contributed by atoms with E-state index in [4.69, 9.17) is 4.42 Å². The SMILES string of the molecule is O=P1(c2ccccc2)c2ccccc2C2(c3ccccc3Sc3cc(-c4cccc5c4sc4ccccc45)ccc32)c2cc3c(cc21)oc1ccccc13. The van der Waals surface area contributed by atoms with Crippen LogP contribution in [-0.4, -0.2) is 0 Å². The van der Waals surface area contributed by atoms with Gasteiger partial charge in [0, 0.05) is 56.6 Å². The number of fused-ring (bicyclic) bond motifs is 14. The molecule has 2 nitrogen and oxygen atoms in total. The van der Waals surface area contributed by atoms with Crippen molar-refractivity contribution >= 4 is 88.3 Å². The average Bonchev–Trinajstić information content (AvgIpc) is 3.80. The summed E-state index contributed by atoms with van der Waals surface area (Å²) in [5.41, 5.74) is 7.84. The molecule has 8 aromatic carbocycles. The van der Waals surface area contributed by atoms with Gasteiger partial charge in [0.05, 0.1) is 5.41 Å². The van der Waals surface area contributed by atoms with Crippen molar-refractivity contribution in [1.29, 1.82) is 0 Å². The van der Waals surface area contributed by atoms with Crippen LogP contribution in [0, 0.1) is 0 Å². The van der Waals surface area contributed by atoms with Crippen molar-refractivity contribution in [1.82, 2.24) is 0 Å². The highest BCUT2D eigenvalue weighted by molar-refractivity contribution is 7.99. The van der Waals surface area contributed by atoms with Crippen LogP contribution in [0.15, 0.2) is 190 Å². The second-order valence-corrected chi connectivity index (χ2v) is 19.1. The Morgan fingerprint density at radius 3 is 2.11 bits per heavy atom. The second-order valence-electron chi connectivity index (χ2n) is 14.3. The highest BCUT2D eigenvalue weighted by Crippen LogP contribution is 2.62. The van der Waals surface area contributed by atoms with E-state index in [1.807, 2.05) is 71.6 Å². The molecule has 5 heteroatoms. The van der Waals surface area contributed by atoms with Crippen LogP contribution in [0.3, 0.4) is 0 Å². The van der Waals surface area contributed by atoms with Crippen LogP contribution in [0.4, 0.5) is 0 Å². The smallest absolute Gasteiger partial charge is 0.171 e. The molecule has 0 bridgehead atoms. The molecule has 254 valence electrons. The lowest BCUT2D eigenvalue weighted by Crippen LogP contribution is -2.48. The van der Waals surface area contributed by atoms with Crippen LogP contribution in [0.5, 0.6) is 0 Å². The van der Waals surface area contributed by atoms with E-state index in [1.54, 1.807) is 0 Å². The zero-order chi connectivity index (χ0) is 35.6. The molecule has 54 heavy (non-hydrogen) atoms. The summed E-state index contributed by atoms with van der Waals surface area (Å²) in [6, 6.07) is 62.5. The van der Waals surface area contributed by atoms with E-state index in [0.29, 0.717) is 0 Å². The highest BCUT2D eigenvalue weighted by atomic mass is 32.2. The van der Waals surface area contributed by atoms with Gasteiger partial charge in [-0.15, -0.1) is 11.3 Å². The number of hydrogen-bond donors (Lipinski definition) is 0. The number of benzene rings is 8. The predicted molar refractivity (Wildman–Crippen MR) is 227 cm³/mol. The van der Waals surface area contributed by atoms with Gasteiger partial charge in [0.15, 0.2) is 7.14 Å². The zero-order valence-corrected chi connectivity index (χ0v) is 31.4. The van der Waals surface area contributed by atoms with Gasteiger partial charge in [-0.3, -0.25) is 0 Å². The molecule has 10 aromatic rings. The van der Waals surface area contributed by atoms with Gasteiger partial charge in [0.25, 0.3) is 0 Å². The Morgan fingerprint density at radius 1 is 0.481 bits per heavy atom. The van der Waals surface area contributed by atoms with E-state index < -0.39 is 12.6 Å². The third kappa shape index (κ3) is 3.95. The largest absolute Gasteiger partial charge is 0.456 e. The number of thiophene rings is 1. The Hall–Kier alpha value is -5.64. The third-order valence-electron chi connectivity index (χ3n) is 11.6. The third-order valence-corrected chi connectivity index (χ3v) is 17.1. The van der Waals surface area contributed by atoms with E-state index in [0.717, 1.165) is 49.0 Å². The van der Waals surface area contributed by atoms with Crippen LogP contribution >= 0.6 is 30.2 Å². The molecule has 2 aliphatic rings. The maximum atomic E-state index is 16.4. The first-order valence-electron chi connectivity index (χ1n) is 18.2. The van der Waals surface area contributed by atoms with Crippen LogP contribution in [0.25, 0.3) is 53.2 Å². The molecule has 2 atom stereocenters. The predicted octanol–water partition coefficient (Wildman–Crippen LogP) is 12.4. The van der Waals surface area contributed by atoms with Gasteiger partial charge in [-0.05, 0) is 69.8 Å². The summed E-state index contributed by atoms with van der Waals surface area (Å²) >= 11 is 3.70. The minimum Gasteiger partial charge on any atom is -0.456 e. The van der Waals surface area contributed by atoms with Crippen molar-refractivity contribution in [3.63, 3.8) is 0 Å².